The molecule has 0 spiro atoms. The number of aromatic amines is 1. The van der Waals surface area contributed by atoms with E-state index < -0.39 is 0 Å². The molecule has 1 saturated heterocycles. The van der Waals surface area contributed by atoms with Crippen LogP contribution in [0.2, 0.25) is 0 Å². The zero-order valence-corrected chi connectivity index (χ0v) is 14.6. The Morgan fingerprint density at radius 2 is 2.04 bits per heavy atom. The van der Waals surface area contributed by atoms with Crippen LogP contribution in [0.5, 0.6) is 0 Å². The van der Waals surface area contributed by atoms with Gasteiger partial charge in [-0.2, -0.15) is 0 Å². The third-order valence-corrected chi connectivity index (χ3v) is 4.43. The molecular weight excluding hydrogens is 302 g/mol. The fourth-order valence-electron chi connectivity index (χ4n) is 3.27. The first kappa shape index (κ1) is 16.6. The maximum Gasteiger partial charge on any atom is 0.227 e. The number of carbonyl (C=O) groups excluding carboxylic acids is 1. The van der Waals surface area contributed by atoms with Gasteiger partial charge >= 0.3 is 0 Å². The third-order valence-electron chi connectivity index (χ3n) is 4.43. The Bertz CT molecular complexity index is 690. The molecule has 24 heavy (non-hydrogen) atoms. The summed E-state index contributed by atoms with van der Waals surface area (Å²) in [5, 5.41) is 0. The van der Waals surface area contributed by atoms with Crippen LogP contribution in [0.1, 0.15) is 39.3 Å². The summed E-state index contributed by atoms with van der Waals surface area (Å²) in [6, 6.07) is 0. The van der Waals surface area contributed by atoms with Gasteiger partial charge in [0.05, 0.1) is 5.69 Å². The molecule has 6 heteroatoms. The van der Waals surface area contributed by atoms with Crippen LogP contribution in [0.3, 0.4) is 0 Å². The quantitative estimate of drug-likeness (QED) is 0.940. The molecule has 0 unspecified atom stereocenters. The Morgan fingerprint density at radius 3 is 2.75 bits per heavy atom. The van der Waals surface area contributed by atoms with Crippen molar-refractivity contribution in [1.82, 2.24) is 24.8 Å². The van der Waals surface area contributed by atoms with Crippen molar-refractivity contribution in [2.24, 2.45) is 11.3 Å². The first-order valence-electron chi connectivity index (χ1n) is 8.54. The van der Waals surface area contributed by atoms with Crippen LogP contribution in [0.15, 0.2) is 24.8 Å². The Kier molecular flexibility index (Phi) is 4.64. The number of imidazole rings is 1. The van der Waals surface area contributed by atoms with E-state index in [0.29, 0.717) is 5.92 Å². The van der Waals surface area contributed by atoms with Crippen LogP contribution < -0.4 is 0 Å². The molecule has 1 amide bonds. The van der Waals surface area contributed by atoms with Crippen molar-refractivity contribution in [3.8, 4) is 11.5 Å². The molecule has 0 saturated carbocycles. The highest BCUT2D eigenvalue weighted by Crippen LogP contribution is 2.27. The molecule has 2 aromatic heterocycles. The second-order valence-electron chi connectivity index (χ2n) is 7.50. The van der Waals surface area contributed by atoms with E-state index in [1.165, 1.54) is 0 Å². The molecule has 0 radical (unpaired) electrons. The normalized spacial score (nSPS) is 18.6. The average Bonchev–Trinajstić information content (AvgIpc) is 3.08. The number of nitrogens with one attached hydrogen (secondary N) is 1. The Morgan fingerprint density at radius 1 is 1.25 bits per heavy atom. The topological polar surface area (TPSA) is 74.8 Å². The predicted octanol–water partition coefficient (Wildman–Crippen LogP) is 2.69. The highest BCUT2D eigenvalue weighted by atomic mass is 16.2. The standard InChI is InChI=1S/C18H25N5O/c1-18(2,3)17(24)23-10-4-5-13(12-23)11-14-15(20-7-6-19-14)16-21-8-9-22-16/h6-9,13H,4-5,10-12H2,1-3H3,(H,21,22)/t13-/m1/s1. The summed E-state index contributed by atoms with van der Waals surface area (Å²) in [6.07, 6.45) is 9.90. The van der Waals surface area contributed by atoms with Gasteiger partial charge in [0.15, 0.2) is 5.82 Å². The lowest BCUT2D eigenvalue weighted by Crippen LogP contribution is -2.45. The highest BCUT2D eigenvalue weighted by Gasteiger charge is 2.31. The highest BCUT2D eigenvalue weighted by molar-refractivity contribution is 5.81. The molecule has 0 aliphatic carbocycles. The number of nitrogens with zero attached hydrogens (tertiary/aromatic N) is 4. The van der Waals surface area contributed by atoms with E-state index in [1.807, 2.05) is 25.7 Å². The Balaban J connectivity index is 1.74. The van der Waals surface area contributed by atoms with E-state index >= 15 is 0 Å². The molecule has 0 bridgehead atoms. The summed E-state index contributed by atoms with van der Waals surface area (Å²) >= 11 is 0. The first-order valence-corrected chi connectivity index (χ1v) is 8.54. The molecule has 0 aromatic carbocycles. The monoisotopic (exact) mass is 327 g/mol. The van der Waals surface area contributed by atoms with E-state index in [4.69, 9.17) is 0 Å². The van der Waals surface area contributed by atoms with Crippen molar-refractivity contribution in [2.45, 2.75) is 40.0 Å². The summed E-state index contributed by atoms with van der Waals surface area (Å²) in [5.74, 6) is 1.39. The third kappa shape index (κ3) is 3.63. The molecule has 1 N–H and O–H groups in total. The van der Waals surface area contributed by atoms with Crippen LogP contribution in [0, 0.1) is 11.3 Å². The smallest absolute Gasteiger partial charge is 0.227 e. The number of carbonyl (C=O) groups is 1. The minimum atomic E-state index is -0.326. The lowest BCUT2D eigenvalue weighted by Gasteiger charge is -2.36. The van der Waals surface area contributed by atoms with E-state index in [-0.39, 0.29) is 11.3 Å². The number of piperidine rings is 1. The van der Waals surface area contributed by atoms with Gasteiger partial charge in [-0.25, -0.2) is 9.97 Å². The Labute approximate surface area is 142 Å². The van der Waals surface area contributed by atoms with Crippen LogP contribution in [0.25, 0.3) is 11.5 Å². The molecule has 128 valence electrons. The van der Waals surface area contributed by atoms with E-state index in [0.717, 1.165) is 49.6 Å². The van der Waals surface area contributed by atoms with Gasteiger partial charge in [-0.05, 0) is 25.2 Å². The first-order chi connectivity index (χ1) is 11.4. The number of hydrogen-bond acceptors (Lipinski definition) is 4. The van der Waals surface area contributed by atoms with Crippen LogP contribution >= 0.6 is 0 Å². The minimum absolute atomic E-state index is 0.234. The fraction of sp³-hybridized carbons (Fsp3) is 0.556. The average molecular weight is 327 g/mol. The van der Waals surface area contributed by atoms with Crippen molar-refractivity contribution in [1.29, 1.82) is 0 Å². The molecule has 3 heterocycles. The van der Waals surface area contributed by atoms with Crippen molar-refractivity contribution in [2.75, 3.05) is 13.1 Å². The molecular formula is C18H25N5O. The van der Waals surface area contributed by atoms with E-state index in [1.54, 1.807) is 24.8 Å². The Hall–Kier alpha value is -2.24. The summed E-state index contributed by atoms with van der Waals surface area (Å²) in [5.41, 5.74) is 1.43. The van der Waals surface area contributed by atoms with Gasteiger partial charge in [-0.1, -0.05) is 20.8 Å². The lowest BCUT2D eigenvalue weighted by atomic mass is 9.89. The number of H-pyrrole nitrogens is 1. The maximum atomic E-state index is 12.6. The number of likely N-dealkylation sites (tertiary alicyclic amines) is 1. The van der Waals surface area contributed by atoms with Gasteiger partial charge in [0.2, 0.25) is 5.91 Å². The predicted molar refractivity (Wildman–Crippen MR) is 92.1 cm³/mol. The molecule has 2 aromatic rings. The molecule has 1 atom stereocenters. The summed E-state index contributed by atoms with van der Waals surface area (Å²) < 4.78 is 0. The largest absolute Gasteiger partial charge is 0.343 e. The SMILES string of the molecule is CC(C)(C)C(=O)N1CCC[C@H](Cc2nccnc2-c2ncc[nH]2)C1. The van der Waals surface area contributed by atoms with Gasteiger partial charge in [0, 0.05) is 43.3 Å². The van der Waals surface area contributed by atoms with Crippen molar-refractivity contribution in [3.63, 3.8) is 0 Å². The van der Waals surface area contributed by atoms with Gasteiger partial charge in [0.25, 0.3) is 0 Å². The van der Waals surface area contributed by atoms with Gasteiger partial charge in [0.1, 0.15) is 5.69 Å². The van der Waals surface area contributed by atoms with Gasteiger partial charge < -0.3 is 9.88 Å². The van der Waals surface area contributed by atoms with Crippen LogP contribution in [-0.2, 0) is 11.2 Å². The van der Waals surface area contributed by atoms with Crippen molar-refractivity contribution < 1.29 is 4.79 Å². The second kappa shape index (κ2) is 6.71. The van der Waals surface area contributed by atoms with Crippen molar-refractivity contribution >= 4 is 5.91 Å². The zero-order valence-electron chi connectivity index (χ0n) is 14.6. The van der Waals surface area contributed by atoms with Crippen LogP contribution in [-0.4, -0.2) is 43.8 Å². The fourth-order valence-corrected chi connectivity index (χ4v) is 3.27. The van der Waals surface area contributed by atoms with Gasteiger partial charge in [-0.15, -0.1) is 0 Å². The zero-order chi connectivity index (χ0) is 17.2. The van der Waals surface area contributed by atoms with Crippen LogP contribution in [0.4, 0.5) is 0 Å². The number of aromatic nitrogens is 4. The molecule has 6 nitrogen and oxygen atoms in total. The second-order valence-corrected chi connectivity index (χ2v) is 7.50. The number of rotatable bonds is 3. The number of hydrogen-bond donors (Lipinski definition) is 1. The van der Waals surface area contributed by atoms with E-state index in [9.17, 15) is 4.79 Å². The summed E-state index contributed by atoms with van der Waals surface area (Å²) in [7, 11) is 0. The lowest BCUT2D eigenvalue weighted by molar-refractivity contribution is -0.141. The number of amides is 1. The molecule has 1 fully saturated rings. The molecule has 3 rings (SSSR count). The summed E-state index contributed by atoms with van der Waals surface area (Å²) in [6.45, 7) is 7.60. The molecule has 1 aliphatic rings. The van der Waals surface area contributed by atoms with E-state index in [2.05, 4.69) is 19.9 Å². The maximum absolute atomic E-state index is 12.6. The summed E-state index contributed by atoms with van der Waals surface area (Å²) in [4.78, 5) is 30.9. The molecule has 1 aliphatic heterocycles. The van der Waals surface area contributed by atoms with Gasteiger partial charge in [-0.3, -0.25) is 9.78 Å². The van der Waals surface area contributed by atoms with Crippen molar-refractivity contribution in [3.05, 3.63) is 30.5 Å². The minimum Gasteiger partial charge on any atom is -0.343 e.